The van der Waals surface area contributed by atoms with Gasteiger partial charge in [0, 0.05) is 26.9 Å². The Bertz CT molecular complexity index is 186. The van der Waals surface area contributed by atoms with E-state index in [0.29, 0.717) is 12.2 Å². The third kappa shape index (κ3) is 11.4. The van der Waals surface area contributed by atoms with Crippen LogP contribution in [0.1, 0.15) is 20.3 Å². The van der Waals surface area contributed by atoms with E-state index in [-0.39, 0.29) is 5.97 Å². The second-order valence-electron chi connectivity index (χ2n) is 2.78. The highest BCUT2D eigenvalue weighted by Crippen LogP contribution is 1.91. The van der Waals surface area contributed by atoms with Crippen molar-refractivity contribution in [3.8, 4) is 0 Å². The van der Waals surface area contributed by atoms with Gasteiger partial charge in [-0.25, -0.2) is 4.79 Å². The first-order valence-corrected chi connectivity index (χ1v) is 6.07. The van der Waals surface area contributed by atoms with Gasteiger partial charge in [0.1, 0.15) is 0 Å². The monoisotopic (exact) mass is 249 g/mol. The van der Waals surface area contributed by atoms with Crippen molar-refractivity contribution in [1.82, 2.24) is 0 Å². The topological polar surface area (TPSA) is 54.0 Å². The summed E-state index contributed by atoms with van der Waals surface area (Å²) in [6.45, 7) is 7.51. The Morgan fingerprint density at radius 1 is 1.19 bits per heavy atom. The van der Waals surface area contributed by atoms with Gasteiger partial charge in [0.05, 0.1) is 6.61 Å². The summed E-state index contributed by atoms with van der Waals surface area (Å²) in [6.07, 6.45) is 0.860. The second-order valence-corrected chi connectivity index (χ2v) is 4.50. The summed E-state index contributed by atoms with van der Waals surface area (Å²) in [7, 11) is 3.31. The van der Waals surface area contributed by atoms with Crippen LogP contribution in [0.4, 0.5) is 0 Å². The van der Waals surface area contributed by atoms with E-state index in [1.807, 2.05) is 6.92 Å². The lowest BCUT2D eigenvalue weighted by molar-refractivity contribution is -0.138. The number of esters is 1. The fourth-order valence-corrected chi connectivity index (χ4v) is 1.07. The number of carbonyl (C=O) groups excluding carboxylic acids is 1. The summed E-state index contributed by atoms with van der Waals surface area (Å²) in [6, 6.07) is 0. The molecule has 0 rings (SSSR count). The molecule has 0 aliphatic heterocycles. The molecule has 0 fully saturated rings. The van der Waals surface area contributed by atoms with E-state index in [9.17, 15) is 4.79 Å². The third-order valence-electron chi connectivity index (χ3n) is 1.29. The van der Waals surface area contributed by atoms with Crippen LogP contribution >= 0.6 is 0 Å². The van der Waals surface area contributed by atoms with Crippen molar-refractivity contribution in [1.29, 1.82) is 0 Å². The predicted molar refractivity (Wildman–Crippen MR) is 62.8 cm³/mol. The van der Waals surface area contributed by atoms with Gasteiger partial charge in [-0.2, -0.15) is 0 Å². The van der Waals surface area contributed by atoms with E-state index in [4.69, 9.17) is 18.0 Å². The first-order chi connectivity index (χ1) is 7.53. The van der Waals surface area contributed by atoms with Crippen molar-refractivity contribution in [3.05, 3.63) is 12.2 Å². The second kappa shape index (κ2) is 12.4. The predicted octanol–water partition coefficient (Wildman–Crippen LogP) is 1.43. The maximum absolute atomic E-state index is 10.6. The maximum atomic E-state index is 10.6. The molecule has 0 amide bonds. The summed E-state index contributed by atoms with van der Waals surface area (Å²) in [5.74, 6) is -0.295. The normalized spacial score (nSPS) is 9.38. The zero-order chi connectivity index (χ0) is 13.0. The van der Waals surface area contributed by atoms with Crippen molar-refractivity contribution in [2.75, 3.05) is 27.9 Å². The standard InChI is InChI=1S/C7H12O2.C3H9O3Si/c1-4-5-9-7(8)6(2)3;1-4-7(5-2)6-3/h2,4-5H2,1,3H3;1-3H3. The van der Waals surface area contributed by atoms with Crippen LogP contribution in [0, 0.1) is 0 Å². The lowest BCUT2D eigenvalue weighted by atomic mass is 10.4. The first-order valence-electron chi connectivity index (χ1n) is 4.84. The molecule has 0 atom stereocenters. The van der Waals surface area contributed by atoms with Crippen LogP contribution < -0.4 is 0 Å². The van der Waals surface area contributed by atoms with Gasteiger partial charge < -0.3 is 18.0 Å². The first kappa shape index (κ1) is 17.7. The Morgan fingerprint density at radius 3 is 1.81 bits per heavy atom. The molecule has 0 spiro atoms. The van der Waals surface area contributed by atoms with Gasteiger partial charge in [0.25, 0.3) is 0 Å². The van der Waals surface area contributed by atoms with E-state index in [2.05, 4.69) is 6.58 Å². The van der Waals surface area contributed by atoms with Crippen molar-refractivity contribution >= 4 is 15.5 Å². The van der Waals surface area contributed by atoms with Crippen LogP contribution in [-0.4, -0.2) is 43.4 Å². The summed E-state index contributed by atoms with van der Waals surface area (Å²) >= 11 is 0. The van der Waals surface area contributed by atoms with Gasteiger partial charge in [0.15, 0.2) is 0 Å². The summed E-state index contributed by atoms with van der Waals surface area (Å²) in [4.78, 5) is 10.6. The van der Waals surface area contributed by atoms with Crippen molar-refractivity contribution in [2.24, 2.45) is 0 Å². The highest BCUT2D eigenvalue weighted by atomic mass is 28.3. The minimum atomic E-state index is -1.36. The Hall–Kier alpha value is -0.693. The third-order valence-corrected chi connectivity index (χ3v) is 2.29. The number of hydrogen-bond acceptors (Lipinski definition) is 5. The zero-order valence-corrected chi connectivity index (χ0v) is 11.7. The van der Waals surface area contributed by atoms with Gasteiger partial charge in [-0.3, -0.25) is 0 Å². The molecule has 0 aliphatic carbocycles. The van der Waals surface area contributed by atoms with Crippen molar-refractivity contribution in [3.63, 3.8) is 0 Å². The van der Waals surface area contributed by atoms with Crippen LogP contribution in [0.15, 0.2) is 12.2 Å². The molecule has 5 nitrogen and oxygen atoms in total. The molecule has 0 unspecified atom stereocenters. The average Bonchev–Trinajstić information content (AvgIpc) is 2.29. The molecule has 0 bridgehead atoms. The summed E-state index contributed by atoms with van der Waals surface area (Å²) < 4.78 is 18.8. The molecule has 6 heteroatoms. The molecule has 0 saturated heterocycles. The van der Waals surface area contributed by atoms with Crippen molar-refractivity contribution in [2.45, 2.75) is 20.3 Å². The molecule has 16 heavy (non-hydrogen) atoms. The fourth-order valence-electron chi connectivity index (χ4n) is 0.568. The van der Waals surface area contributed by atoms with Crippen molar-refractivity contribution < 1.29 is 22.8 Å². The Balaban J connectivity index is 0. The number of ether oxygens (including phenoxy) is 1. The molecular formula is C10H21O5Si. The molecule has 0 N–H and O–H groups in total. The van der Waals surface area contributed by atoms with Crippen LogP contribution in [-0.2, 0) is 22.8 Å². The summed E-state index contributed by atoms with van der Waals surface area (Å²) in [5.41, 5.74) is 0.462. The highest BCUT2D eigenvalue weighted by molar-refractivity contribution is 6.36. The SMILES string of the molecule is C=C(C)C(=O)OCCC.CO[Si](OC)OC. The molecule has 95 valence electrons. The fraction of sp³-hybridized carbons (Fsp3) is 0.700. The zero-order valence-electron chi connectivity index (χ0n) is 10.7. The average molecular weight is 249 g/mol. The van der Waals surface area contributed by atoms with Crippen LogP contribution in [0.25, 0.3) is 0 Å². The molecule has 0 aromatic carbocycles. The molecule has 0 heterocycles. The van der Waals surface area contributed by atoms with Gasteiger partial charge in [-0.05, 0) is 13.3 Å². The molecule has 0 saturated carbocycles. The van der Waals surface area contributed by atoms with Crippen LogP contribution in [0.5, 0.6) is 0 Å². The van der Waals surface area contributed by atoms with E-state index in [1.54, 1.807) is 28.3 Å². The number of rotatable bonds is 6. The molecular weight excluding hydrogens is 228 g/mol. The van der Waals surface area contributed by atoms with Gasteiger partial charge >= 0.3 is 15.5 Å². The smallest absolute Gasteiger partial charge is 0.462 e. The highest BCUT2D eigenvalue weighted by Gasteiger charge is 2.09. The van der Waals surface area contributed by atoms with Gasteiger partial charge in [0.2, 0.25) is 0 Å². The Labute approximate surface area is 99.3 Å². The number of carbonyl (C=O) groups is 1. The minimum Gasteiger partial charge on any atom is -0.462 e. The van der Waals surface area contributed by atoms with Gasteiger partial charge in [-0.1, -0.05) is 13.5 Å². The Kier molecular flexibility index (Phi) is 13.7. The molecule has 0 aromatic rings. The van der Waals surface area contributed by atoms with E-state index in [0.717, 1.165) is 6.42 Å². The quantitative estimate of drug-likeness (QED) is 0.405. The Morgan fingerprint density at radius 2 is 1.62 bits per heavy atom. The molecule has 0 aromatic heterocycles. The summed E-state index contributed by atoms with van der Waals surface area (Å²) in [5, 5.41) is 0. The van der Waals surface area contributed by atoms with E-state index in [1.165, 1.54) is 0 Å². The maximum Gasteiger partial charge on any atom is 0.576 e. The molecule has 1 radical (unpaired) electrons. The van der Waals surface area contributed by atoms with E-state index < -0.39 is 9.53 Å². The molecule has 0 aliphatic rings. The van der Waals surface area contributed by atoms with E-state index >= 15 is 0 Å². The largest absolute Gasteiger partial charge is 0.576 e. The van der Waals surface area contributed by atoms with Gasteiger partial charge in [-0.15, -0.1) is 0 Å². The minimum absolute atomic E-state index is 0.295. The van der Waals surface area contributed by atoms with Crippen LogP contribution in [0.2, 0.25) is 0 Å². The lowest BCUT2D eigenvalue weighted by Gasteiger charge is -2.02. The van der Waals surface area contributed by atoms with Crippen LogP contribution in [0.3, 0.4) is 0 Å². The lowest BCUT2D eigenvalue weighted by Crippen LogP contribution is -2.21. The number of hydrogen-bond donors (Lipinski definition) is 0.